The Morgan fingerprint density at radius 2 is 2.04 bits per heavy atom. The van der Waals surface area contributed by atoms with Gasteiger partial charge in [-0.2, -0.15) is 0 Å². The second-order valence-corrected chi connectivity index (χ2v) is 6.13. The lowest BCUT2D eigenvalue weighted by Crippen LogP contribution is -2.38. The molecule has 0 aliphatic carbocycles. The molecule has 0 unspecified atom stereocenters. The minimum atomic E-state index is -0.771. The summed E-state index contributed by atoms with van der Waals surface area (Å²) in [6, 6.07) is 7.10. The average molecular weight is 365 g/mol. The van der Waals surface area contributed by atoms with Crippen LogP contribution < -0.4 is 22.3 Å². The first-order chi connectivity index (χ1) is 11.9. The standard InChI is InChI=1S/C17H21ClN4O3/c1-3-8-22-15(19)14(16(24)21-17(22)25)13(23)9-20-10(2)11-6-4-5-7-12(11)18/h4-7,10,20H,3,8-9,19H2,1-2H3,(H,21,24,25)/t10-/m1/s1. The van der Waals surface area contributed by atoms with Crippen LogP contribution in [0.2, 0.25) is 5.02 Å². The number of nitrogens with two attached hydrogens (primary N) is 1. The quantitative estimate of drug-likeness (QED) is 0.648. The lowest BCUT2D eigenvalue weighted by Gasteiger charge is -2.16. The molecule has 0 radical (unpaired) electrons. The van der Waals surface area contributed by atoms with Crippen LogP contribution in [0.1, 0.15) is 42.2 Å². The molecule has 7 nitrogen and oxygen atoms in total. The molecule has 0 saturated carbocycles. The number of ketones is 1. The first kappa shape index (κ1) is 19.0. The van der Waals surface area contributed by atoms with Gasteiger partial charge in [-0.25, -0.2) is 4.79 Å². The molecule has 8 heteroatoms. The Balaban J connectivity index is 2.22. The maximum absolute atomic E-state index is 12.5. The van der Waals surface area contributed by atoms with Crippen molar-refractivity contribution in [1.82, 2.24) is 14.9 Å². The van der Waals surface area contributed by atoms with Gasteiger partial charge in [0.25, 0.3) is 5.56 Å². The van der Waals surface area contributed by atoms with E-state index < -0.39 is 17.0 Å². The van der Waals surface area contributed by atoms with Crippen molar-refractivity contribution < 1.29 is 4.79 Å². The average Bonchev–Trinajstić information content (AvgIpc) is 2.56. The van der Waals surface area contributed by atoms with Gasteiger partial charge in [-0.05, 0) is 25.0 Å². The second-order valence-electron chi connectivity index (χ2n) is 5.72. The maximum Gasteiger partial charge on any atom is 0.329 e. The predicted octanol–water partition coefficient (Wildman–Crippen LogP) is 1.72. The topological polar surface area (TPSA) is 110 Å². The highest BCUT2D eigenvalue weighted by Gasteiger charge is 2.20. The molecule has 1 heterocycles. The fraction of sp³-hybridized carbons (Fsp3) is 0.353. The summed E-state index contributed by atoms with van der Waals surface area (Å²) in [6.07, 6.45) is 0.644. The number of rotatable bonds is 7. The Morgan fingerprint density at radius 3 is 2.68 bits per heavy atom. The lowest BCUT2D eigenvalue weighted by atomic mass is 10.1. The molecule has 1 aromatic carbocycles. The zero-order valence-electron chi connectivity index (χ0n) is 14.1. The molecule has 1 atom stereocenters. The molecule has 0 spiro atoms. The summed E-state index contributed by atoms with van der Waals surface area (Å²) >= 11 is 6.14. The van der Waals surface area contributed by atoms with Crippen LogP contribution >= 0.6 is 11.6 Å². The number of benzene rings is 1. The van der Waals surface area contributed by atoms with Crippen LogP contribution in [0.3, 0.4) is 0 Å². The monoisotopic (exact) mass is 364 g/mol. The molecule has 0 aliphatic heterocycles. The number of aromatic amines is 1. The van der Waals surface area contributed by atoms with E-state index in [0.29, 0.717) is 18.0 Å². The van der Waals surface area contributed by atoms with Crippen molar-refractivity contribution >= 4 is 23.2 Å². The summed E-state index contributed by atoms with van der Waals surface area (Å²) in [6.45, 7) is 3.95. The van der Waals surface area contributed by atoms with Crippen LogP contribution in [0.5, 0.6) is 0 Å². The number of nitrogen functional groups attached to an aromatic ring is 1. The molecule has 0 fully saturated rings. The summed E-state index contributed by atoms with van der Waals surface area (Å²) < 4.78 is 1.20. The predicted molar refractivity (Wildman–Crippen MR) is 98.2 cm³/mol. The van der Waals surface area contributed by atoms with Crippen LogP contribution in [-0.4, -0.2) is 21.9 Å². The summed E-state index contributed by atoms with van der Waals surface area (Å²) in [7, 11) is 0. The van der Waals surface area contributed by atoms with Crippen LogP contribution in [0, 0.1) is 0 Å². The summed E-state index contributed by atoms with van der Waals surface area (Å²) in [5.41, 5.74) is 5.14. The fourth-order valence-electron chi connectivity index (χ4n) is 2.57. The zero-order valence-corrected chi connectivity index (χ0v) is 14.9. The Morgan fingerprint density at radius 1 is 1.36 bits per heavy atom. The first-order valence-corrected chi connectivity index (χ1v) is 8.38. The smallest absolute Gasteiger partial charge is 0.329 e. The maximum atomic E-state index is 12.5. The number of anilines is 1. The number of hydrogen-bond donors (Lipinski definition) is 3. The molecule has 134 valence electrons. The molecule has 0 amide bonds. The van der Waals surface area contributed by atoms with Crippen LogP contribution in [0.25, 0.3) is 0 Å². The van der Waals surface area contributed by atoms with E-state index in [4.69, 9.17) is 17.3 Å². The highest BCUT2D eigenvalue weighted by Crippen LogP contribution is 2.22. The van der Waals surface area contributed by atoms with Gasteiger partial charge in [0.05, 0.1) is 6.54 Å². The Bertz CT molecular complexity index is 888. The number of nitrogens with zero attached hydrogens (tertiary/aromatic N) is 1. The van der Waals surface area contributed by atoms with Crippen molar-refractivity contribution in [1.29, 1.82) is 0 Å². The highest BCUT2D eigenvalue weighted by atomic mass is 35.5. The number of aromatic nitrogens is 2. The van der Waals surface area contributed by atoms with Crippen LogP contribution in [-0.2, 0) is 6.54 Å². The molecule has 2 aromatic rings. The zero-order chi connectivity index (χ0) is 18.6. The van der Waals surface area contributed by atoms with Crippen LogP contribution in [0.15, 0.2) is 33.9 Å². The van der Waals surface area contributed by atoms with Gasteiger partial charge in [-0.15, -0.1) is 0 Å². The summed E-state index contributed by atoms with van der Waals surface area (Å²) in [5, 5.41) is 3.62. The highest BCUT2D eigenvalue weighted by molar-refractivity contribution is 6.31. The van der Waals surface area contributed by atoms with Crippen LogP contribution in [0.4, 0.5) is 5.82 Å². The summed E-state index contributed by atoms with van der Waals surface area (Å²) in [4.78, 5) is 38.4. The minimum Gasteiger partial charge on any atom is -0.384 e. The van der Waals surface area contributed by atoms with E-state index in [1.807, 2.05) is 32.0 Å². The largest absolute Gasteiger partial charge is 0.384 e. The van der Waals surface area contributed by atoms with Gasteiger partial charge in [0.2, 0.25) is 0 Å². The van der Waals surface area contributed by atoms with Gasteiger partial charge in [0, 0.05) is 17.6 Å². The number of Topliss-reactive ketones (excluding diaryl/α,β-unsaturated/α-hetero) is 1. The lowest BCUT2D eigenvalue weighted by molar-refractivity contribution is 0.0986. The van der Waals surface area contributed by atoms with E-state index in [1.165, 1.54) is 4.57 Å². The van der Waals surface area contributed by atoms with Gasteiger partial charge >= 0.3 is 5.69 Å². The Labute approximate surface area is 149 Å². The van der Waals surface area contributed by atoms with Crippen molar-refractivity contribution in [2.75, 3.05) is 12.3 Å². The molecule has 0 saturated heterocycles. The number of halogens is 1. The van der Waals surface area contributed by atoms with Crippen molar-refractivity contribution in [3.63, 3.8) is 0 Å². The second kappa shape index (κ2) is 8.13. The third-order valence-electron chi connectivity index (χ3n) is 3.91. The number of hydrogen-bond acceptors (Lipinski definition) is 5. The van der Waals surface area contributed by atoms with Gasteiger partial charge in [-0.1, -0.05) is 36.7 Å². The van der Waals surface area contributed by atoms with E-state index in [2.05, 4.69) is 10.3 Å². The van der Waals surface area contributed by atoms with Crippen molar-refractivity contribution in [2.45, 2.75) is 32.9 Å². The molecule has 0 bridgehead atoms. The molecular weight excluding hydrogens is 344 g/mol. The van der Waals surface area contributed by atoms with Gasteiger partial charge in [0.1, 0.15) is 11.4 Å². The van der Waals surface area contributed by atoms with Crippen molar-refractivity contribution in [2.24, 2.45) is 0 Å². The number of H-pyrrole nitrogens is 1. The van der Waals surface area contributed by atoms with Gasteiger partial charge in [-0.3, -0.25) is 19.1 Å². The van der Waals surface area contributed by atoms with E-state index in [9.17, 15) is 14.4 Å². The normalized spacial score (nSPS) is 12.1. The molecule has 0 aliphatic rings. The van der Waals surface area contributed by atoms with Gasteiger partial charge in [0.15, 0.2) is 5.78 Å². The third kappa shape index (κ3) is 4.18. The SMILES string of the molecule is CCCn1c(N)c(C(=O)CN[C@H](C)c2ccccc2Cl)c(=O)[nH]c1=O. The number of nitrogens with one attached hydrogen (secondary N) is 2. The number of carbonyl (C=O) groups excluding carboxylic acids is 1. The van der Waals surface area contributed by atoms with E-state index >= 15 is 0 Å². The van der Waals surface area contributed by atoms with E-state index in [-0.39, 0.29) is 24.0 Å². The minimum absolute atomic E-state index is 0.104. The molecule has 1 aromatic heterocycles. The Hall–Kier alpha value is -2.38. The van der Waals surface area contributed by atoms with Crippen molar-refractivity contribution in [3.8, 4) is 0 Å². The van der Waals surface area contributed by atoms with E-state index in [1.54, 1.807) is 6.07 Å². The Kier molecular flexibility index (Phi) is 6.17. The number of carbonyl (C=O) groups is 1. The molecular formula is C17H21ClN4O3. The first-order valence-electron chi connectivity index (χ1n) is 8.00. The summed E-state index contributed by atoms with van der Waals surface area (Å²) in [5.74, 6) is -0.588. The van der Waals surface area contributed by atoms with Crippen molar-refractivity contribution in [3.05, 3.63) is 61.3 Å². The molecule has 25 heavy (non-hydrogen) atoms. The fourth-order valence-corrected chi connectivity index (χ4v) is 2.87. The molecule has 4 N–H and O–H groups in total. The third-order valence-corrected chi connectivity index (χ3v) is 4.25. The van der Waals surface area contributed by atoms with E-state index in [0.717, 1.165) is 5.56 Å². The van der Waals surface area contributed by atoms with Gasteiger partial charge < -0.3 is 11.1 Å². The molecule has 2 rings (SSSR count).